The van der Waals surface area contributed by atoms with Crippen LogP contribution >= 0.6 is 0 Å². The van der Waals surface area contributed by atoms with Gasteiger partial charge in [-0.2, -0.15) is 0 Å². The van der Waals surface area contributed by atoms with Gasteiger partial charge in [-0.3, -0.25) is 0 Å². The average Bonchev–Trinajstić information content (AvgIpc) is 2.70. The lowest BCUT2D eigenvalue weighted by Gasteiger charge is -2.53. The smallest absolute Gasteiger partial charge is 0.106 e. The van der Waals surface area contributed by atoms with Crippen molar-refractivity contribution in [1.29, 1.82) is 0 Å². The van der Waals surface area contributed by atoms with Crippen LogP contribution in [0.4, 0.5) is 0 Å². The van der Waals surface area contributed by atoms with Crippen LogP contribution in [0, 0.1) is 22.2 Å². The molecule has 1 heterocycles. The molecule has 0 amide bonds. The van der Waals surface area contributed by atoms with Crippen LogP contribution in [-0.4, -0.2) is 11.7 Å². The maximum absolute atomic E-state index is 6.36. The van der Waals surface area contributed by atoms with Gasteiger partial charge < -0.3 is 4.74 Å². The molecule has 3 aliphatic carbocycles. The first-order valence-electron chi connectivity index (χ1n) is 7.05. The molecule has 0 N–H and O–H groups in total. The van der Waals surface area contributed by atoms with Gasteiger partial charge in [-0.15, -0.1) is 0 Å². The van der Waals surface area contributed by atoms with Crippen LogP contribution in [0.2, 0.25) is 0 Å². The minimum Gasteiger partial charge on any atom is -0.365 e. The molecule has 4 rings (SSSR count). The summed E-state index contributed by atoms with van der Waals surface area (Å²) in [7, 11) is 0. The number of ether oxygens (including phenoxy) is 1. The quantitative estimate of drug-likeness (QED) is 0.566. The highest BCUT2D eigenvalue weighted by Crippen LogP contribution is 2.83. The highest BCUT2D eigenvalue weighted by molar-refractivity contribution is 5.34. The van der Waals surface area contributed by atoms with Gasteiger partial charge in [0.05, 0.1) is 6.10 Å². The lowest BCUT2D eigenvalue weighted by atomic mass is 9.49. The number of rotatable bonds is 0. The van der Waals surface area contributed by atoms with Crippen molar-refractivity contribution < 1.29 is 4.74 Å². The summed E-state index contributed by atoms with van der Waals surface area (Å²) in [5, 5.41) is 0. The van der Waals surface area contributed by atoms with E-state index in [1.807, 2.05) is 0 Å². The van der Waals surface area contributed by atoms with Crippen molar-refractivity contribution in [3.8, 4) is 0 Å². The van der Waals surface area contributed by atoms with Gasteiger partial charge in [-0.1, -0.05) is 27.7 Å². The zero-order valence-corrected chi connectivity index (χ0v) is 11.1. The standard InChI is InChI=1S/C15H24O/c1-12(2)7-6-11-15(16-11)13(3,4)10-5-8-14(12,15)9-10/h10-11H,5-9H2,1-4H3/t10-,11-,14+,15+/m1/s1. The Balaban J connectivity index is 1.93. The summed E-state index contributed by atoms with van der Waals surface area (Å²) < 4.78 is 6.36. The summed E-state index contributed by atoms with van der Waals surface area (Å²) >= 11 is 0. The van der Waals surface area contributed by atoms with Crippen LogP contribution in [-0.2, 0) is 4.74 Å². The third-order valence-corrected chi connectivity index (χ3v) is 7.25. The Morgan fingerprint density at radius 1 is 1.00 bits per heavy atom. The molecule has 1 saturated heterocycles. The number of hydrogen-bond donors (Lipinski definition) is 0. The van der Waals surface area contributed by atoms with E-state index in [1.54, 1.807) is 0 Å². The molecule has 4 atom stereocenters. The Kier molecular flexibility index (Phi) is 1.40. The molecule has 0 aromatic rings. The number of epoxide rings is 1. The van der Waals surface area contributed by atoms with Gasteiger partial charge in [-0.05, 0) is 48.9 Å². The molecule has 2 spiro atoms. The van der Waals surface area contributed by atoms with Crippen molar-refractivity contribution in [2.24, 2.45) is 22.2 Å². The van der Waals surface area contributed by atoms with Crippen molar-refractivity contribution in [3.63, 3.8) is 0 Å². The lowest BCUT2D eigenvalue weighted by Crippen LogP contribution is -2.56. The third kappa shape index (κ3) is 0.674. The number of hydrogen-bond acceptors (Lipinski definition) is 1. The topological polar surface area (TPSA) is 12.5 Å². The van der Waals surface area contributed by atoms with Crippen molar-refractivity contribution in [3.05, 3.63) is 0 Å². The first kappa shape index (κ1) is 9.94. The van der Waals surface area contributed by atoms with E-state index in [2.05, 4.69) is 27.7 Å². The zero-order chi connectivity index (χ0) is 11.4. The van der Waals surface area contributed by atoms with Crippen LogP contribution in [0.1, 0.15) is 59.8 Å². The van der Waals surface area contributed by atoms with Crippen molar-refractivity contribution in [2.75, 3.05) is 0 Å². The molecule has 2 bridgehead atoms. The fourth-order valence-corrected chi connectivity index (χ4v) is 6.21. The zero-order valence-electron chi connectivity index (χ0n) is 11.1. The molecule has 1 heteroatoms. The summed E-state index contributed by atoms with van der Waals surface area (Å²) in [5.41, 5.74) is 1.75. The van der Waals surface area contributed by atoms with E-state index in [9.17, 15) is 0 Å². The normalized spacial score (nSPS) is 59.2. The molecule has 3 saturated carbocycles. The van der Waals surface area contributed by atoms with E-state index in [0.717, 1.165) is 5.92 Å². The number of fused-ring (bicyclic) bond motifs is 1. The van der Waals surface area contributed by atoms with Gasteiger partial charge in [0.1, 0.15) is 5.60 Å². The van der Waals surface area contributed by atoms with Crippen molar-refractivity contribution in [1.82, 2.24) is 0 Å². The maximum Gasteiger partial charge on any atom is 0.106 e. The summed E-state index contributed by atoms with van der Waals surface area (Å²) in [6.45, 7) is 9.99. The largest absolute Gasteiger partial charge is 0.365 e. The van der Waals surface area contributed by atoms with E-state index < -0.39 is 0 Å². The molecule has 16 heavy (non-hydrogen) atoms. The second kappa shape index (κ2) is 2.25. The van der Waals surface area contributed by atoms with E-state index >= 15 is 0 Å². The predicted octanol–water partition coefficient (Wildman–Crippen LogP) is 3.77. The molecular weight excluding hydrogens is 196 g/mol. The second-order valence-electron chi connectivity index (χ2n) is 8.01. The Labute approximate surface area is 98.9 Å². The molecule has 4 aliphatic rings. The van der Waals surface area contributed by atoms with Gasteiger partial charge in [0.25, 0.3) is 0 Å². The van der Waals surface area contributed by atoms with Crippen LogP contribution in [0.3, 0.4) is 0 Å². The maximum atomic E-state index is 6.36. The van der Waals surface area contributed by atoms with E-state index in [4.69, 9.17) is 4.74 Å². The molecule has 0 radical (unpaired) electrons. The van der Waals surface area contributed by atoms with Gasteiger partial charge in [0.2, 0.25) is 0 Å². The Morgan fingerprint density at radius 3 is 2.44 bits per heavy atom. The van der Waals surface area contributed by atoms with Crippen molar-refractivity contribution >= 4 is 0 Å². The molecule has 0 aromatic heterocycles. The summed E-state index contributed by atoms with van der Waals surface area (Å²) in [4.78, 5) is 0. The third-order valence-electron chi connectivity index (χ3n) is 7.25. The van der Waals surface area contributed by atoms with Gasteiger partial charge >= 0.3 is 0 Å². The molecule has 0 aromatic carbocycles. The minimum atomic E-state index is 0.282. The van der Waals surface area contributed by atoms with Crippen LogP contribution < -0.4 is 0 Å². The summed E-state index contributed by atoms with van der Waals surface area (Å²) in [6.07, 6.45) is 7.64. The molecule has 4 fully saturated rings. The first-order chi connectivity index (χ1) is 7.37. The molecule has 1 nitrogen and oxygen atoms in total. The van der Waals surface area contributed by atoms with E-state index in [1.165, 1.54) is 32.1 Å². The fourth-order valence-electron chi connectivity index (χ4n) is 6.21. The van der Waals surface area contributed by atoms with Crippen LogP contribution in [0.15, 0.2) is 0 Å². The summed E-state index contributed by atoms with van der Waals surface area (Å²) in [6, 6.07) is 0. The molecular formula is C15H24O. The summed E-state index contributed by atoms with van der Waals surface area (Å²) in [5.74, 6) is 0.926. The Hall–Kier alpha value is -0.0400. The van der Waals surface area contributed by atoms with E-state index in [-0.39, 0.29) is 5.60 Å². The predicted molar refractivity (Wildman–Crippen MR) is 64.2 cm³/mol. The van der Waals surface area contributed by atoms with Gasteiger partial charge in [-0.25, -0.2) is 0 Å². The SMILES string of the molecule is CC1(C)CC[C@H]2O[C@]23C(C)(C)[C@@H]2CC[C@]13C2. The Morgan fingerprint density at radius 2 is 1.75 bits per heavy atom. The van der Waals surface area contributed by atoms with E-state index in [0.29, 0.717) is 22.3 Å². The van der Waals surface area contributed by atoms with Crippen molar-refractivity contribution in [2.45, 2.75) is 71.5 Å². The van der Waals surface area contributed by atoms with Gasteiger partial charge in [0, 0.05) is 5.41 Å². The average molecular weight is 220 g/mol. The first-order valence-corrected chi connectivity index (χ1v) is 7.05. The molecule has 90 valence electrons. The van der Waals surface area contributed by atoms with Crippen LogP contribution in [0.5, 0.6) is 0 Å². The second-order valence-corrected chi connectivity index (χ2v) is 8.01. The highest BCUT2D eigenvalue weighted by Gasteiger charge is 2.86. The Bertz CT molecular complexity index is 370. The highest BCUT2D eigenvalue weighted by atomic mass is 16.6. The molecule has 0 unspecified atom stereocenters. The van der Waals surface area contributed by atoms with Crippen LogP contribution in [0.25, 0.3) is 0 Å². The monoisotopic (exact) mass is 220 g/mol. The van der Waals surface area contributed by atoms with Gasteiger partial charge in [0.15, 0.2) is 0 Å². The lowest BCUT2D eigenvalue weighted by molar-refractivity contribution is -0.0620. The fraction of sp³-hybridized carbons (Fsp3) is 1.00. The minimum absolute atomic E-state index is 0.282. The molecule has 1 aliphatic heterocycles.